The number of rotatable bonds is 3. The van der Waals surface area contributed by atoms with Crippen molar-refractivity contribution in [3.8, 4) is 0 Å². The molecule has 0 bridgehead atoms. The molecule has 0 amide bonds. The van der Waals surface area contributed by atoms with Crippen molar-refractivity contribution in [3.63, 3.8) is 0 Å². The van der Waals surface area contributed by atoms with Crippen LogP contribution < -0.4 is 0 Å². The lowest BCUT2D eigenvalue weighted by Gasteiger charge is -2.26. The van der Waals surface area contributed by atoms with Crippen LogP contribution in [0.5, 0.6) is 0 Å². The Morgan fingerprint density at radius 1 is 1.00 bits per heavy atom. The summed E-state index contributed by atoms with van der Waals surface area (Å²) in [5.41, 5.74) is 3.65. The molecule has 1 unspecified atom stereocenters. The highest BCUT2D eigenvalue weighted by Gasteiger charge is 2.24. The van der Waals surface area contributed by atoms with E-state index >= 15 is 0 Å². The zero-order valence-corrected chi connectivity index (χ0v) is 12.3. The van der Waals surface area contributed by atoms with Gasteiger partial charge < -0.3 is 5.11 Å². The van der Waals surface area contributed by atoms with Crippen molar-refractivity contribution in [2.24, 2.45) is 0 Å². The summed E-state index contributed by atoms with van der Waals surface area (Å²) in [6, 6.07) is 13.6. The average molecular weight is 275 g/mol. The van der Waals surface area contributed by atoms with Crippen LogP contribution in [0, 0.1) is 13.8 Å². The molecule has 0 radical (unpaired) electrons. The molecule has 0 aliphatic rings. The van der Waals surface area contributed by atoms with Gasteiger partial charge in [0.05, 0.1) is 5.60 Å². The van der Waals surface area contributed by atoms with Gasteiger partial charge in [-0.25, -0.2) is 0 Å². The normalized spacial score (nSPS) is 14.2. The fourth-order valence-electron chi connectivity index (χ4n) is 2.38. The zero-order chi connectivity index (χ0) is 14.0. The van der Waals surface area contributed by atoms with Gasteiger partial charge in [-0.1, -0.05) is 41.9 Å². The second-order valence-corrected chi connectivity index (χ2v) is 5.76. The van der Waals surface area contributed by atoms with Crippen LogP contribution >= 0.6 is 11.6 Å². The summed E-state index contributed by atoms with van der Waals surface area (Å²) >= 11 is 5.89. The Bertz CT molecular complexity index is 550. The third-order valence-electron chi connectivity index (χ3n) is 3.63. The second-order valence-electron chi connectivity index (χ2n) is 5.33. The highest BCUT2D eigenvalue weighted by Crippen LogP contribution is 2.29. The molecule has 2 aromatic carbocycles. The van der Waals surface area contributed by atoms with Gasteiger partial charge in [0, 0.05) is 11.4 Å². The van der Waals surface area contributed by atoms with E-state index < -0.39 is 5.60 Å². The van der Waals surface area contributed by atoms with Gasteiger partial charge in [0.15, 0.2) is 0 Å². The first kappa shape index (κ1) is 14.1. The minimum absolute atomic E-state index is 0.604. The lowest BCUT2D eigenvalue weighted by molar-refractivity contribution is 0.0573. The van der Waals surface area contributed by atoms with Crippen LogP contribution in [0.4, 0.5) is 0 Å². The minimum Gasteiger partial charge on any atom is -0.385 e. The smallest absolute Gasteiger partial charge is 0.0908 e. The molecule has 1 N–H and O–H groups in total. The standard InChI is InChI=1S/C17H19ClO/c1-12-5-4-6-13(2)16(12)11-17(3,19)14-7-9-15(18)10-8-14/h4-10,19H,11H2,1-3H3. The number of aryl methyl sites for hydroxylation is 2. The molecule has 0 spiro atoms. The van der Waals surface area contributed by atoms with Crippen LogP contribution in [0.15, 0.2) is 42.5 Å². The quantitative estimate of drug-likeness (QED) is 0.879. The molecular weight excluding hydrogens is 256 g/mol. The van der Waals surface area contributed by atoms with Gasteiger partial charge >= 0.3 is 0 Å². The van der Waals surface area contributed by atoms with Crippen LogP contribution in [0.1, 0.15) is 29.2 Å². The van der Waals surface area contributed by atoms with E-state index in [1.807, 2.05) is 37.3 Å². The SMILES string of the molecule is Cc1cccc(C)c1CC(C)(O)c1ccc(Cl)cc1. The molecular formula is C17H19ClO. The van der Waals surface area contributed by atoms with Gasteiger partial charge in [-0.05, 0) is 55.2 Å². The lowest BCUT2D eigenvalue weighted by atomic mass is 9.86. The molecule has 100 valence electrons. The molecule has 2 heteroatoms. The largest absolute Gasteiger partial charge is 0.385 e. The van der Waals surface area contributed by atoms with Gasteiger partial charge in [0.2, 0.25) is 0 Å². The molecule has 2 rings (SSSR count). The second kappa shape index (κ2) is 5.36. The van der Waals surface area contributed by atoms with Crippen molar-refractivity contribution in [1.82, 2.24) is 0 Å². The molecule has 0 aromatic heterocycles. The topological polar surface area (TPSA) is 20.2 Å². The van der Waals surface area contributed by atoms with E-state index in [-0.39, 0.29) is 0 Å². The molecule has 0 aliphatic carbocycles. The Morgan fingerprint density at radius 3 is 2.05 bits per heavy atom. The molecule has 0 aliphatic heterocycles. The predicted octanol–water partition coefficient (Wildman–Crippen LogP) is 4.41. The Hall–Kier alpha value is -1.31. The van der Waals surface area contributed by atoms with Gasteiger partial charge in [-0.3, -0.25) is 0 Å². The number of aliphatic hydroxyl groups is 1. The van der Waals surface area contributed by atoms with Gasteiger partial charge in [0.25, 0.3) is 0 Å². The average Bonchev–Trinajstić information content (AvgIpc) is 2.35. The fraction of sp³-hybridized carbons (Fsp3) is 0.294. The van der Waals surface area contributed by atoms with Crippen molar-refractivity contribution < 1.29 is 5.11 Å². The van der Waals surface area contributed by atoms with E-state index in [1.54, 1.807) is 0 Å². The summed E-state index contributed by atoms with van der Waals surface area (Å²) < 4.78 is 0. The summed E-state index contributed by atoms with van der Waals surface area (Å²) in [5.74, 6) is 0. The maximum atomic E-state index is 10.7. The Balaban J connectivity index is 2.33. The van der Waals surface area contributed by atoms with Crippen LogP contribution in [0.25, 0.3) is 0 Å². The van der Waals surface area contributed by atoms with Gasteiger partial charge in [-0.2, -0.15) is 0 Å². The van der Waals surface area contributed by atoms with E-state index in [9.17, 15) is 5.11 Å². The highest BCUT2D eigenvalue weighted by molar-refractivity contribution is 6.30. The Kier molecular flexibility index (Phi) is 3.98. The third-order valence-corrected chi connectivity index (χ3v) is 3.88. The molecule has 0 saturated carbocycles. The van der Waals surface area contributed by atoms with Crippen LogP contribution in [0.2, 0.25) is 5.02 Å². The first-order valence-electron chi connectivity index (χ1n) is 6.44. The number of halogens is 1. The summed E-state index contributed by atoms with van der Waals surface area (Å²) in [6.07, 6.45) is 0.604. The first-order valence-corrected chi connectivity index (χ1v) is 6.81. The monoisotopic (exact) mass is 274 g/mol. The molecule has 1 nitrogen and oxygen atoms in total. The maximum Gasteiger partial charge on any atom is 0.0908 e. The summed E-state index contributed by atoms with van der Waals surface area (Å²) in [5, 5.41) is 11.4. The van der Waals surface area contributed by atoms with E-state index in [0.717, 1.165) is 5.56 Å². The van der Waals surface area contributed by atoms with Crippen molar-refractivity contribution in [2.75, 3.05) is 0 Å². The maximum absolute atomic E-state index is 10.7. The minimum atomic E-state index is -0.887. The highest BCUT2D eigenvalue weighted by atomic mass is 35.5. The zero-order valence-electron chi connectivity index (χ0n) is 11.6. The molecule has 2 aromatic rings. The summed E-state index contributed by atoms with van der Waals surface area (Å²) in [7, 11) is 0. The van der Waals surface area contributed by atoms with Crippen LogP contribution in [-0.2, 0) is 12.0 Å². The lowest BCUT2D eigenvalue weighted by Crippen LogP contribution is -2.25. The number of benzene rings is 2. The summed E-state index contributed by atoms with van der Waals surface area (Å²) in [6.45, 7) is 6.02. The van der Waals surface area contributed by atoms with Crippen molar-refractivity contribution in [1.29, 1.82) is 0 Å². The van der Waals surface area contributed by atoms with Crippen LogP contribution in [-0.4, -0.2) is 5.11 Å². The molecule has 0 heterocycles. The Labute approximate surface area is 119 Å². The van der Waals surface area contributed by atoms with E-state index in [4.69, 9.17) is 11.6 Å². The van der Waals surface area contributed by atoms with Crippen molar-refractivity contribution in [2.45, 2.75) is 32.8 Å². The number of hydrogen-bond acceptors (Lipinski definition) is 1. The summed E-state index contributed by atoms with van der Waals surface area (Å²) in [4.78, 5) is 0. The molecule has 0 fully saturated rings. The van der Waals surface area contributed by atoms with Gasteiger partial charge in [-0.15, -0.1) is 0 Å². The predicted molar refractivity (Wildman–Crippen MR) is 80.6 cm³/mol. The molecule has 1 atom stereocenters. The van der Waals surface area contributed by atoms with Crippen molar-refractivity contribution >= 4 is 11.6 Å². The Morgan fingerprint density at radius 2 is 1.53 bits per heavy atom. The molecule has 19 heavy (non-hydrogen) atoms. The van der Waals surface area contributed by atoms with Crippen LogP contribution in [0.3, 0.4) is 0 Å². The van der Waals surface area contributed by atoms with E-state index in [2.05, 4.69) is 26.0 Å². The fourth-order valence-corrected chi connectivity index (χ4v) is 2.51. The van der Waals surface area contributed by atoms with E-state index in [0.29, 0.717) is 11.4 Å². The molecule has 0 saturated heterocycles. The van der Waals surface area contributed by atoms with E-state index in [1.165, 1.54) is 16.7 Å². The first-order chi connectivity index (χ1) is 8.90. The third kappa shape index (κ3) is 3.17. The number of hydrogen-bond donors (Lipinski definition) is 1. The van der Waals surface area contributed by atoms with Crippen molar-refractivity contribution in [3.05, 3.63) is 69.7 Å². The van der Waals surface area contributed by atoms with Gasteiger partial charge in [0.1, 0.15) is 0 Å².